The van der Waals surface area contributed by atoms with Gasteiger partial charge < -0.3 is 14.4 Å². The van der Waals surface area contributed by atoms with Gasteiger partial charge >= 0.3 is 0 Å². The molecule has 3 aromatic heterocycles. The summed E-state index contributed by atoms with van der Waals surface area (Å²) in [5.41, 5.74) is 2.95. The van der Waals surface area contributed by atoms with Gasteiger partial charge in [0.1, 0.15) is 17.1 Å². The minimum Gasteiger partial charge on any atom is -0.497 e. The summed E-state index contributed by atoms with van der Waals surface area (Å²) in [5, 5.41) is 0. The van der Waals surface area contributed by atoms with E-state index in [0.717, 1.165) is 35.5 Å². The molecule has 0 radical (unpaired) electrons. The number of hydrogen-bond donors (Lipinski definition) is 0. The first-order chi connectivity index (χ1) is 17.1. The number of aromatic nitrogens is 4. The van der Waals surface area contributed by atoms with Gasteiger partial charge in [0, 0.05) is 30.2 Å². The molecule has 4 aromatic rings. The summed E-state index contributed by atoms with van der Waals surface area (Å²) < 4.78 is 11.3. The number of amides is 1. The van der Waals surface area contributed by atoms with E-state index in [-0.39, 0.29) is 17.8 Å². The number of ether oxygens (including phenoxy) is 2. The minimum absolute atomic E-state index is 0.141. The van der Waals surface area contributed by atoms with E-state index >= 15 is 0 Å². The predicted octanol–water partition coefficient (Wildman–Crippen LogP) is 5.02. The Hall–Kier alpha value is -4.33. The van der Waals surface area contributed by atoms with Gasteiger partial charge in [0.2, 0.25) is 5.88 Å². The Kier molecular flexibility index (Phi) is 6.34. The van der Waals surface area contributed by atoms with Gasteiger partial charge in [-0.3, -0.25) is 9.78 Å². The third kappa shape index (κ3) is 4.82. The summed E-state index contributed by atoms with van der Waals surface area (Å²) >= 11 is 0. The van der Waals surface area contributed by atoms with E-state index in [1.165, 1.54) is 0 Å². The van der Waals surface area contributed by atoms with Gasteiger partial charge in [-0.25, -0.2) is 15.0 Å². The topological polar surface area (TPSA) is 90.3 Å². The van der Waals surface area contributed by atoms with Crippen molar-refractivity contribution in [2.24, 2.45) is 0 Å². The van der Waals surface area contributed by atoms with Crippen LogP contribution in [-0.2, 0) is 0 Å². The van der Waals surface area contributed by atoms with Crippen LogP contribution in [0.15, 0.2) is 73.2 Å². The number of rotatable bonds is 6. The highest BCUT2D eigenvalue weighted by atomic mass is 16.5. The maximum atomic E-state index is 13.7. The van der Waals surface area contributed by atoms with Gasteiger partial charge in [-0.15, -0.1) is 0 Å². The molecule has 0 saturated carbocycles. The number of carbonyl (C=O) groups excluding carboxylic acids is 1. The number of carbonyl (C=O) groups is 1. The Bertz CT molecular complexity index is 1340. The molecular formula is C27H25N5O3. The number of hydrogen-bond acceptors (Lipinski definition) is 7. The summed E-state index contributed by atoms with van der Waals surface area (Å²) in [6, 6.07) is 16.5. The van der Waals surface area contributed by atoms with Crippen LogP contribution in [0, 0.1) is 6.92 Å². The highest BCUT2D eigenvalue weighted by Gasteiger charge is 2.33. The average molecular weight is 468 g/mol. The standard InChI is InChI=1S/C27H25N5O3/c1-18-10-11-21(17-30-18)35-26-22(8-4-13-29-26)27(33)32-15-5-9-24(32)23-12-14-28-25(31-23)19-6-3-7-20(16-19)34-2/h3-4,6-8,10-14,16-17,24H,5,9,15H2,1-2H3/t24-/m1/s1. The second-order valence-electron chi connectivity index (χ2n) is 8.29. The predicted molar refractivity (Wildman–Crippen MR) is 130 cm³/mol. The third-order valence-electron chi connectivity index (χ3n) is 5.96. The van der Waals surface area contributed by atoms with Crippen molar-refractivity contribution in [2.75, 3.05) is 13.7 Å². The highest BCUT2D eigenvalue weighted by Crippen LogP contribution is 2.34. The molecule has 176 valence electrons. The van der Waals surface area contributed by atoms with E-state index in [1.807, 2.05) is 54.3 Å². The largest absolute Gasteiger partial charge is 0.497 e. The Morgan fingerprint density at radius 2 is 1.91 bits per heavy atom. The third-order valence-corrected chi connectivity index (χ3v) is 5.96. The molecule has 1 amide bonds. The van der Waals surface area contributed by atoms with Gasteiger partial charge in [0.05, 0.1) is 25.0 Å². The molecule has 1 atom stereocenters. The van der Waals surface area contributed by atoms with Crippen LogP contribution in [0.5, 0.6) is 17.4 Å². The molecule has 0 bridgehead atoms. The van der Waals surface area contributed by atoms with Gasteiger partial charge in [0.15, 0.2) is 5.82 Å². The van der Waals surface area contributed by atoms with Crippen molar-refractivity contribution >= 4 is 5.91 Å². The van der Waals surface area contributed by atoms with Gasteiger partial charge in [-0.05, 0) is 62.2 Å². The molecule has 0 N–H and O–H groups in total. The normalized spacial score (nSPS) is 15.1. The summed E-state index contributed by atoms with van der Waals surface area (Å²) in [4.78, 5) is 33.3. The quantitative estimate of drug-likeness (QED) is 0.393. The zero-order chi connectivity index (χ0) is 24.2. The Balaban J connectivity index is 1.42. The molecule has 8 heteroatoms. The average Bonchev–Trinajstić information content (AvgIpc) is 3.40. The van der Waals surface area contributed by atoms with Crippen LogP contribution in [0.4, 0.5) is 0 Å². The zero-order valence-corrected chi connectivity index (χ0v) is 19.6. The smallest absolute Gasteiger partial charge is 0.259 e. The molecule has 0 unspecified atom stereocenters. The van der Waals surface area contributed by atoms with Crippen LogP contribution in [0.2, 0.25) is 0 Å². The SMILES string of the molecule is COc1cccc(-c2nccc([C@H]3CCCN3C(=O)c3cccnc3Oc3ccc(C)nc3)n2)c1. The van der Waals surface area contributed by atoms with Gasteiger partial charge in [-0.2, -0.15) is 0 Å². The Morgan fingerprint density at radius 3 is 2.74 bits per heavy atom. The Morgan fingerprint density at radius 1 is 1.00 bits per heavy atom. The summed E-state index contributed by atoms with van der Waals surface area (Å²) in [7, 11) is 1.63. The van der Waals surface area contributed by atoms with Crippen molar-refractivity contribution in [3.63, 3.8) is 0 Å². The van der Waals surface area contributed by atoms with E-state index in [0.29, 0.717) is 23.7 Å². The number of pyridine rings is 2. The fraction of sp³-hybridized carbons (Fsp3) is 0.222. The number of methoxy groups -OCH3 is 1. The van der Waals surface area contributed by atoms with E-state index in [2.05, 4.69) is 15.0 Å². The molecule has 5 rings (SSSR count). The fourth-order valence-corrected chi connectivity index (χ4v) is 4.19. The first-order valence-corrected chi connectivity index (χ1v) is 11.5. The minimum atomic E-state index is -0.163. The lowest BCUT2D eigenvalue weighted by atomic mass is 10.1. The molecule has 35 heavy (non-hydrogen) atoms. The fourth-order valence-electron chi connectivity index (χ4n) is 4.19. The lowest BCUT2D eigenvalue weighted by Gasteiger charge is -2.25. The van der Waals surface area contributed by atoms with E-state index in [1.54, 1.807) is 37.8 Å². The molecule has 1 fully saturated rings. The zero-order valence-electron chi connectivity index (χ0n) is 19.6. The van der Waals surface area contributed by atoms with Crippen molar-refractivity contribution in [1.82, 2.24) is 24.8 Å². The maximum Gasteiger partial charge on any atom is 0.259 e. The van der Waals surface area contributed by atoms with Crippen LogP contribution in [0.25, 0.3) is 11.4 Å². The number of benzene rings is 1. The maximum absolute atomic E-state index is 13.7. The molecule has 1 saturated heterocycles. The highest BCUT2D eigenvalue weighted by molar-refractivity contribution is 5.96. The number of aryl methyl sites for hydroxylation is 1. The molecule has 0 aliphatic carbocycles. The van der Waals surface area contributed by atoms with Crippen LogP contribution >= 0.6 is 0 Å². The monoisotopic (exact) mass is 467 g/mol. The number of likely N-dealkylation sites (tertiary alicyclic amines) is 1. The molecule has 0 spiro atoms. The van der Waals surface area contributed by atoms with E-state index in [4.69, 9.17) is 14.5 Å². The van der Waals surface area contributed by atoms with Crippen molar-refractivity contribution in [3.05, 3.63) is 90.1 Å². The van der Waals surface area contributed by atoms with Crippen LogP contribution < -0.4 is 9.47 Å². The summed E-state index contributed by atoms with van der Waals surface area (Å²) in [6.07, 6.45) is 6.67. The van der Waals surface area contributed by atoms with Crippen molar-refractivity contribution in [2.45, 2.75) is 25.8 Å². The van der Waals surface area contributed by atoms with Crippen LogP contribution in [0.1, 0.15) is 40.6 Å². The number of nitrogens with zero attached hydrogens (tertiary/aromatic N) is 5. The molecule has 4 heterocycles. The van der Waals surface area contributed by atoms with E-state index < -0.39 is 0 Å². The van der Waals surface area contributed by atoms with E-state index in [9.17, 15) is 4.79 Å². The summed E-state index contributed by atoms with van der Waals surface area (Å²) in [6.45, 7) is 2.53. The molecule has 1 aliphatic rings. The van der Waals surface area contributed by atoms with Crippen molar-refractivity contribution in [1.29, 1.82) is 0 Å². The van der Waals surface area contributed by atoms with Crippen molar-refractivity contribution < 1.29 is 14.3 Å². The first-order valence-electron chi connectivity index (χ1n) is 11.5. The van der Waals surface area contributed by atoms with Crippen LogP contribution in [0.3, 0.4) is 0 Å². The molecule has 1 aliphatic heterocycles. The lowest BCUT2D eigenvalue weighted by Crippen LogP contribution is -2.31. The molecule has 1 aromatic carbocycles. The van der Waals surface area contributed by atoms with Crippen molar-refractivity contribution in [3.8, 4) is 28.8 Å². The summed E-state index contributed by atoms with van der Waals surface area (Å²) in [5.74, 6) is 1.98. The Labute approximate surface area is 203 Å². The molecular weight excluding hydrogens is 442 g/mol. The van der Waals surface area contributed by atoms with Gasteiger partial charge in [0.25, 0.3) is 5.91 Å². The second kappa shape index (κ2) is 9.89. The lowest BCUT2D eigenvalue weighted by molar-refractivity contribution is 0.0729. The molecule has 8 nitrogen and oxygen atoms in total. The first kappa shape index (κ1) is 22.5. The second-order valence-corrected chi connectivity index (χ2v) is 8.29. The van der Waals surface area contributed by atoms with Gasteiger partial charge in [-0.1, -0.05) is 12.1 Å². The van der Waals surface area contributed by atoms with Crippen LogP contribution in [-0.4, -0.2) is 44.4 Å².